The zero-order valence-corrected chi connectivity index (χ0v) is 14.8. The SMILES string of the molecule is CCN(CC)C(=O)c1ccc(-c2cc3c(c(C(=O)O)c2)OCCO3)cc1. The molecule has 0 aliphatic carbocycles. The molecule has 1 heterocycles. The maximum absolute atomic E-state index is 12.4. The van der Waals surface area contributed by atoms with Crippen molar-refractivity contribution in [3.05, 3.63) is 47.5 Å². The topological polar surface area (TPSA) is 76.1 Å². The summed E-state index contributed by atoms with van der Waals surface area (Å²) in [4.78, 5) is 25.7. The second-order valence-corrected chi connectivity index (χ2v) is 5.91. The molecular formula is C20H21NO5. The van der Waals surface area contributed by atoms with Gasteiger partial charge in [-0.05, 0) is 49.2 Å². The van der Waals surface area contributed by atoms with E-state index in [4.69, 9.17) is 9.47 Å². The zero-order valence-electron chi connectivity index (χ0n) is 14.8. The molecule has 0 saturated heterocycles. The number of nitrogens with zero attached hydrogens (tertiary/aromatic N) is 1. The van der Waals surface area contributed by atoms with Crippen LogP contribution in [0.15, 0.2) is 36.4 Å². The Morgan fingerprint density at radius 2 is 1.65 bits per heavy atom. The quantitative estimate of drug-likeness (QED) is 0.890. The maximum Gasteiger partial charge on any atom is 0.339 e. The van der Waals surface area contributed by atoms with Crippen molar-refractivity contribution in [1.29, 1.82) is 0 Å². The third-order valence-corrected chi connectivity index (χ3v) is 4.39. The average molecular weight is 355 g/mol. The zero-order chi connectivity index (χ0) is 18.7. The van der Waals surface area contributed by atoms with E-state index in [1.54, 1.807) is 29.2 Å². The highest BCUT2D eigenvalue weighted by atomic mass is 16.6. The van der Waals surface area contributed by atoms with Gasteiger partial charge in [0.1, 0.15) is 18.8 Å². The van der Waals surface area contributed by atoms with E-state index in [0.29, 0.717) is 43.2 Å². The fraction of sp³-hybridized carbons (Fsp3) is 0.300. The second kappa shape index (κ2) is 7.47. The minimum atomic E-state index is -1.07. The van der Waals surface area contributed by atoms with E-state index in [1.807, 2.05) is 26.0 Å². The molecule has 1 N–H and O–H groups in total. The molecule has 0 fully saturated rings. The van der Waals surface area contributed by atoms with Crippen LogP contribution < -0.4 is 9.47 Å². The molecule has 3 rings (SSSR count). The van der Waals surface area contributed by atoms with E-state index in [0.717, 1.165) is 5.56 Å². The number of amides is 1. The molecule has 0 atom stereocenters. The summed E-state index contributed by atoms with van der Waals surface area (Å²) in [6, 6.07) is 10.5. The summed E-state index contributed by atoms with van der Waals surface area (Å²) in [5, 5.41) is 9.46. The lowest BCUT2D eigenvalue weighted by atomic mass is 10.00. The van der Waals surface area contributed by atoms with E-state index in [-0.39, 0.29) is 17.2 Å². The summed E-state index contributed by atoms with van der Waals surface area (Å²) < 4.78 is 11.0. The second-order valence-electron chi connectivity index (χ2n) is 5.91. The third kappa shape index (κ3) is 3.35. The van der Waals surface area contributed by atoms with Crippen molar-refractivity contribution >= 4 is 11.9 Å². The first-order chi connectivity index (χ1) is 12.5. The fourth-order valence-electron chi connectivity index (χ4n) is 2.98. The molecule has 26 heavy (non-hydrogen) atoms. The van der Waals surface area contributed by atoms with Crippen LogP contribution in [0.25, 0.3) is 11.1 Å². The number of aromatic carboxylic acids is 1. The largest absolute Gasteiger partial charge is 0.486 e. The number of carbonyl (C=O) groups excluding carboxylic acids is 1. The van der Waals surface area contributed by atoms with Crippen LogP contribution in [0, 0.1) is 0 Å². The number of fused-ring (bicyclic) bond motifs is 1. The molecule has 6 heteroatoms. The van der Waals surface area contributed by atoms with Gasteiger partial charge >= 0.3 is 5.97 Å². The number of benzene rings is 2. The first-order valence-electron chi connectivity index (χ1n) is 8.61. The Hall–Kier alpha value is -3.02. The summed E-state index contributed by atoms with van der Waals surface area (Å²) in [7, 11) is 0. The minimum absolute atomic E-state index is 0.0186. The molecule has 0 bridgehead atoms. The van der Waals surface area contributed by atoms with Gasteiger partial charge in [0.2, 0.25) is 0 Å². The Morgan fingerprint density at radius 1 is 1.00 bits per heavy atom. The van der Waals surface area contributed by atoms with Crippen molar-refractivity contribution < 1.29 is 24.2 Å². The number of carboxylic acids is 1. The maximum atomic E-state index is 12.4. The molecule has 1 aliphatic rings. The molecule has 0 aromatic heterocycles. The van der Waals surface area contributed by atoms with Crippen LogP contribution in [-0.2, 0) is 0 Å². The molecule has 0 unspecified atom stereocenters. The Balaban J connectivity index is 1.96. The molecular weight excluding hydrogens is 334 g/mol. The van der Waals surface area contributed by atoms with Gasteiger partial charge in [0, 0.05) is 18.7 Å². The number of hydrogen-bond acceptors (Lipinski definition) is 4. The summed E-state index contributed by atoms with van der Waals surface area (Å²) >= 11 is 0. The molecule has 6 nitrogen and oxygen atoms in total. The average Bonchev–Trinajstić information content (AvgIpc) is 2.68. The molecule has 136 valence electrons. The summed E-state index contributed by atoms with van der Waals surface area (Å²) in [5.41, 5.74) is 2.18. The van der Waals surface area contributed by atoms with E-state index < -0.39 is 5.97 Å². The lowest BCUT2D eigenvalue weighted by molar-refractivity contribution is 0.0685. The summed E-state index contributed by atoms with van der Waals surface area (Å²) in [5.74, 6) is -0.396. The third-order valence-electron chi connectivity index (χ3n) is 4.39. The fourth-order valence-corrected chi connectivity index (χ4v) is 2.98. The Labute approximate surface area is 152 Å². The number of carbonyl (C=O) groups is 2. The van der Waals surface area contributed by atoms with Crippen molar-refractivity contribution in [3.8, 4) is 22.6 Å². The smallest absolute Gasteiger partial charge is 0.339 e. The van der Waals surface area contributed by atoms with Crippen LogP contribution in [0.5, 0.6) is 11.5 Å². The van der Waals surface area contributed by atoms with E-state index >= 15 is 0 Å². The summed E-state index contributed by atoms with van der Waals surface area (Å²) in [6.07, 6.45) is 0. The first-order valence-corrected chi connectivity index (χ1v) is 8.61. The predicted molar refractivity (Wildman–Crippen MR) is 97.1 cm³/mol. The van der Waals surface area contributed by atoms with Crippen LogP contribution in [0.1, 0.15) is 34.6 Å². The Kier molecular flexibility index (Phi) is 5.11. The molecule has 1 aliphatic heterocycles. The highest BCUT2D eigenvalue weighted by molar-refractivity contribution is 5.96. The van der Waals surface area contributed by atoms with E-state index in [2.05, 4.69) is 0 Å². The van der Waals surface area contributed by atoms with Crippen LogP contribution in [0.2, 0.25) is 0 Å². The number of rotatable bonds is 5. The highest BCUT2D eigenvalue weighted by Crippen LogP contribution is 2.38. The van der Waals surface area contributed by atoms with Gasteiger partial charge in [0.25, 0.3) is 5.91 Å². The van der Waals surface area contributed by atoms with Gasteiger partial charge in [-0.15, -0.1) is 0 Å². The molecule has 0 radical (unpaired) electrons. The van der Waals surface area contributed by atoms with Gasteiger partial charge in [-0.3, -0.25) is 4.79 Å². The molecule has 0 spiro atoms. The van der Waals surface area contributed by atoms with Crippen molar-refractivity contribution in [1.82, 2.24) is 4.90 Å². The number of ether oxygens (including phenoxy) is 2. The standard InChI is InChI=1S/C20H21NO5/c1-3-21(4-2)19(22)14-7-5-13(6-8-14)15-11-16(20(23)24)18-17(12-15)25-9-10-26-18/h5-8,11-12H,3-4,9-10H2,1-2H3,(H,23,24). The summed E-state index contributed by atoms with van der Waals surface area (Å²) in [6.45, 7) is 5.90. The predicted octanol–water partition coefficient (Wildman–Crippen LogP) is 3.31. The van der Waals surface area contributed by atoms with Gasteiger partial charge in [0.05, 0.1) is 0 Å². The van der Waals surface area contributed by atoms with E-state index in [1.165, 1.54) is 0 Å². The molecule has 2 aromatic carbocycles. The lowest BCUT2D eigenvalue weighted by Gasteiger charge is -2.21. The first kappa shape index (κ1) is 17.8. The normalized spacial score (nSPS) is 12.5. The highest BCUT2D eigenvalue weighted by Gasteiger charge is 2.22. The Bertz CT molecular complexity index is 825. The van der Waals surface area contributed by atoms with Gasteiger partial charge in [-0.1, -0.05) is 12.1 Å². The van der Waals surface area contributed by atoms with Crippen LogP contribution in [-0.4, -0.2) is 48.2 Å². The van der Waals surface area contributed by atoms with Gasteiger partial charge < -0.3 is 19.5 Å². The minimum Gasteiger partial charge on any atom is -0.486 e. The Morgan fingerprint density at radius 3 is 2.27 bits per heavy atom. The van der Waals surface area contributed by atoms with Crippen molar-refractivity contribution in [2.45, 2.75) is 13.8 Å². The van der Waals surface area contributed by atoms with Crippen LogP contribution in [0.4, 0.5) is 0 Å². The van der Waals surface area contributed by atoms with Crippen LogP contribution in [0.3, 0.4) is 0 Å². The molecule has 0 saturated carbocycles. The molecule has 1 amide bonds. The van der Waals surface area contributed by atoms with E-state index in [9.17, 15) is 14.7 Å². The lowest BCUT2D eigenvalue weighted by Crippen LogP contribution is -2.30. The molecule has 2 aromatic rings. The van der Waals surface area contributed by atoms with Crippen molar-refractivity contribution in [2.24, 2.45) is 0 Å². The number of carboxylic acid groups (broad SMARTS) is 1. The van der Waals surface area contributed by atoms with Gasteiger partial charge in [0.15, 0.2) is 11.5 Å². The van der Waals surface area contributed by atoms with Gasteiger partial charge in [-0.25, -0.2) is 4.79 Å². The monoisotopic (exact) mass is 355 g/mol. The number of hydrogen-bond donors (Lipinski definition) is 1. The van der Waals surface area contributed by atoms with Crippen LogP contribution >= 0.6 is 0 Å². The van der Waals surface area contributed by atoms with Crippen molar-refractivity contribution in [3.63, 3.8) is 0 Å². The van der Waals surface area contributed by atoms with Gasteiger partial charge in [-0.2, -0.15) is 0 Å². The van der Waals surface area contributed by atoms with Crippen molar-refractivity contribution in [2.75, 3.05) is 26.3 Å².